The predicted molar refractivity (Wildman–Crippen MR) is 118 cm³/mol. The van der Waals surface area contributed by atoms with Crippen LogP contribution in [0.3, 0.4) is 0 Å². The van der Waals surface area contributed by atoms with Crippen LogP contribution in [0.15, 0.2) is 48.7 Å². The SMILES string of the molecule is CC(O)(CO)c1ccnc(-c2cccc3cc(Cc4nc(N)c(F)cc4Cl)sc23)c1. The second-order valence-electron chi connectivity index (χ2n) is 7.26. The molecule has 4 N–H and O–H groups in total. The largest absolute Gasteiger partial charge is 0.393 e. The van der Waals surface area contributed by atoms with Gasteiger partial charge in [0, 0.05) is 27.8 Å². The third-order valence-electron chi connectivity index (χ3n) is 4.93. The minimum Gasteiger partial charge on any atom is -0.393 e. The Labute approximate surface area is 181 Å². The van der Waals surface area contributed by atoms with Crippen molar-refractivity contribution < 1.29 is 14.6 Å². The van der Waals surface area contributed by atoms with Crippen molar-refractivity contribution in [3.63, 3.8) is 0 Å². The second kappa shape index (κ2) is 7.92. The third-order valence-corrected chi connectivity index (χ3v) is 6.44. The lowest BCUT2D eigenvalue weighted by molar-refractivity contribution is -0.00230. The lowest BCUT2D eigenvalue weighted by Gasteiger charge is -2.21. The average Bonchev–Trinajstić information content (AvgIpc) is 3.14. The topological polar surface area (TPSA) is 92.3 Å². The number of thiophene rings is 1. The van der Waals surface area contributed by atoms with Crippen LogP contribution in [0.25, 0.3) is 21.3 Å². The highest BCUT2D eigenvalue weighted by molar-refractivity contribution is 7.19. The number of nitrogen functional groups attached to an aromatic ring is 1. The number of benzene rings is 1. The smallest absolute Gasteiger partial charge is 0.166 e. The van der Waals surface area contributed by atoms with Gasteiger partial charge in [0.25, 0.3) is 0 Å². The van der Waals surface area contributed by atoms with Gasteiger partial charge in [-0.05, 0) is 42.1 Å². The van der Waals surface area contributed by atoms with Crippen molar-refractivity contribution in [1.29, 1.82) is 0 Å². The molecule has 0 amide bonds. The number of aromatic nitrogens is 2. The molecule has 30 heavy (non-hydrogen) atoms. The van der Waals surface area contributed by atoms with E-state index in [0.29, 0.717) is 23.4 Å². The highest BCUT2D eigenvalue weighted by Gasteiger charge is 2.23. The number of rotatable bonds is 5. The summed E-state index contributed by atoms with van der Waals surface area (Å²) in [7, 11) is 0. The summed E-state index contributed by atoms with van der Waals surface area (Å²) in [5.74, 6) is -0.805. The first-order valence-electron chi connectivity index (χ1n) is 9.20. The summed E-state index contributed by atoms with van der Waals surface area (Å²) in [6.45, 7) is 1.17. The lowest BCUT2D eigenvalue weighted by Crippen LogP contribution is -2.25. The molecule has 8 heteroatoms. The number of hydrogen-bond donors (Lipinski definition) is 3. The summed E-state index contributed by atoms with van der Waals surface area (Å²) >= 11 is 7.71. The first-order chi connectivity index (χ1) is 14.3. The van der Waals surface area contributed by atoms with E-state index >= 15 is 0 Å². The molecule has 5 nitrogen and oxygen atoms in total. The Morgan fingerprint density at radius 3 is 2.80 bits per heavy atom. The Kier molecular flexibility index (Phi) is 5.46. The molecule has 1 atom stereocenters. The zero-order valence-electron chi connectivity index (χ0n) is 16.1. The Balaban J connectivity index is 1.75. The van der Waals surface area contributed by atoms with Gasteiger partial charge in [0.2, 0.25) is 0 Å². The predicted octanol–water partition coefficient (Wildman–Crippen LogP) is 4.52. The number of pyridine rings is 2. The molecule has 0 radical (unpaired) electrons. The van der Waals surface area contributed by atoms with E-state index in [2.05, 4.69) is 9.97 Å². The van der Waals surface area contributed by atoms with Crippen LogP contribution in [0.4, 0.5) is 10.2 Å². The molecule has 0 aliphatic carbocycles. The molecule has 1 aromatic carbocycles. The van der Waals surface area contributed by atoms with Gasteiger partial charge in [-0.25, -0.2) is 9.37 Å². The number of nitrogens with two attached hydrogens (primary N) is 1. The molecule has 154 valence electrons. The molecule has 0 aliphatic rings. The van der Waals surface area contributed by atoms with Crippen molar-refractivity contribution in [3.05, 3.63) is 75.6 Å². The van der Waals surface area contributed by atoms with Crippen molar-refractivity contribution in [2.45, 2.75) is 18.9 Å². The van der Waals surface area contributed by atoms with Crippen molar-refractivity contribution in [1.82, 2.24) is 9.97 Å². The number of aliphatic hydroxyl groups excluding tert-OH is 1. The van der Waals surface area contributed by atoms with Gasteiger partial charge < -0.3 is 15.9 Å². The minimum absolute atomic E-state index is 0.173. The summed E-state index contributed by atoms with van der Waals surface area (Å²) in [5.41, 5.74) is 6.95. The van der Waals surface area contributed by atoms with E-state index in [9.17, 15) is 14.6 Å². The molecule has 0 fully saturated rings. The maximum absolute atomic E-state index is 13.5. The van der Waals surface area contributed by atoms with E-state index < -0.39 is 18.0 Å². The number of anilines is 1. The number of hydrogen-bond acceptors (Lipinski definition) is 6. The quantitative estimate of drug-likeness (QED) is 0.421. The molecule has 0 aliphatic heterocycles. The monoisotopic (exact) mass is 443 g/mol. The summed E-state index contributed by atoms with van der Waals surface area (Å²) in [5, 5.41) is 21.1. The van der Waals surface area contributed by atoms with Crippen molar-refractivity contribution in [2.24, 2.45) is 0 Å². The van der Waals surface area contributed by atoms with E-state index in [4.69, 9.17) is 17.3 Å². The Morgan fingerprint density at radius 1 is 1.23 bits per heavy atom. The molecule has 1 unspecified atom stereocenters. The molecule has 0 spiro atoms. The molecule has 0 bridgehead atoms. The maximum atomic E-state index is 13.5. The van der Waals surface area contributed by atoms with Gasteiger partial charge in [-0.15, -0.1) is 11.3 Å². The number of halogens is 2. The summed E-state index contributed by atoms with van der Waals surface area (Å²) in [6, 6.07) is 12.6. The van der Waals surface area contributed by atoms with Gasteiger partial charge >= 0.3 is 0 Å². The zero-order valence-corrected chi connectivity index (χ0v) is 17.6. The summed E-state index contributed by atoms with van der Waals surface area (Å²) in [6.07, 6.45) is 2.04. The van der Waals surface area contributed by atoms with Gasteiger partial charge in [-0.3, -0.25) is 4.98 Å². The maximum Gasteiger partial charge on any atom is 0.166 e. The lowest BCUT2D eigenvalue weighted by atomic mass is 9.96. The third kappa shape index (κ3) is 3.89. The fourth-order valence-corrected chi connectivity index (χ4v) is 4.61. The molecule has 4 aromatic rings. The standard InChI is InChI=1S/C22H19ClFN3O2S/c1-22(29,11-28)13-5-6-26-18(8-13)15-4-2-3-12-7-14(30-20(12)15)9-19-16(23)10-17(24)21(25)27-19/h2-8,10,28-29H,9,11H2,1H3,(H2,25,27). The van der Waals surface area contributed by atoms with Gasteiger partial charge in [0.15, 0.2) is 11.6 Å². The number of nitrogens with zero attached hydrogens (tertiary/aromatic N) is 2. The number of fused-ring (bicyclic) bond motifs is 1. The van der Waals surface area contributed by atoms with E-state index in [1.807, 2.05) is 24.3 Å². The fourth-order valence-electron chi connectivity index (χ4n) is 3.22. The van der Waals surface area contributed by atoms with Gasteiger partial charge in [-0.1, -0.05) is 29.8 Å². The van der Waals surface area contributed by atoms with Crippen LogP contribution in [0.1, 0.15) is 23.1 Å². The molecule has 0 saturated carbocycles. The van der Waals surface area contributed by atoms with E-state index in [-0.39, 0.29) is 10.8 Å². The highest BCUT2D eigenvalue weighted by atomic mass is 35.5. The van der Waals surface area contributed by atoms with Gasteiger partial charge in [-0.2, -0.15) is 0 Å². The van der Waals surface area contributed by atoms with Crippen LogP contribution in [0, 0.1) is 5.82 Å². The van der Waals surface area contributed by atoms with E-state index in [1.165, 1.54) is 6.07 Å². The molecular formula is C22H19ClFN3O2S. The normalized spacial score (nSPS) is 13.5. The molecule has 3 aromatic heterocycles. The molecule has 3 heterocycles. The molecule has 0 saturated heterocycles. The Morgan fingerprint density at radius 2 is 2.03 bits per heavy atom. The minimum atomic E-state index is -1.35. The first-order valence-corrected chi connectivity index (χ1v) is 10.4. The van der Waals surface area contributed by atoms with Crippen LogP contribution in [-0.4, -0.2) is 26.8 Å². The molecular weight excluding hydrogens is 425 g/mol. The van der Waals surface area contributed by atoms with Crippen LogP contribution in [0.2, 0.25) is 5.02 Å². The van der Waals surface area contributed by atoms with Crippen molar-refractivity contribution in [3.8, 4) is 11.3 Å². The first kappa shape index (κ1) is 20.7. The average molecular weight is 444 g/mol. The summed E-state index contributed by atoms with van der Waals surface area (Å²) in [4.78, 5) is 9.54. The van der Waals surface area contributed by atoms with Crippen LogP contribution in [-0.2, 0) is 12.0 Å². The van der Waals surface area contributed by atoms with Gasteiger partial charge in [0.05, 0.1) is 23.0 Å². The van der Waals surface area contributed by atoms with Crippen LogP contribution < -0.4 is 5.73 Å². The Bertz CT molecular complexity index is 1240. The van der Waals surface area contributed by atoms with Crippen molar-refractivity contribution in [2.75, 3.05) is 12.3 Å². The van der Waals surface area contributed by atoms with Gasteiger partial charge in [0.1, 0.15) is 5.60 Å². The van der Waals surface area contributed by atoms with E-state index in [0.717, 1.165) is 20.5 Å². The second-order valence-corrected chi connectivity index (χ2v) is 8.80. The number of aliphatic hydroxyl groups is 2. The zero-order chi connectivity index (χ0) is 21.5. The van der Waals surface area contributed by atoms with Crippen LogP contribution >= 0.6 is 22.9 Å². The van der Waals surface area contributed by atoms with Crippen molar-refractivity contribution >= 4 is 38.8 Å². The van der Waals surface area contributed by atoms with E-state index in [1.54, 1.807) is 36.6 Å². The molecule has 4 rings (SSSR count). The fraction of sp³-hybridized carbons (Fsp3) is 0.182. The Hall–Kier alpha value is -2.58. The van der Waals surface area contributed by atoms with Crippen LogP contribution in [0.5, 0.6) is 0 Å². The highest BCUT2D eigenvalue weighted by Crippen LogP contribution is 2.36. The summed E-state index contributed by atoms with van der Waals surface area (Å²) < 4.78 is 14.6.